The van der Waals surface area contributed by atoms with Gasteiger partial charge in [0.05, 0.1) is 5.02 Å². The van der Waals surface area contributed by atoms with Crippen LogP contribution in [0.5, 0.6) is 0 Å². The molecule has 0 atom stereocenters. The Hall–Kier alpha value is -0.290. The van der Waals surface area contributed by atoms with E-state index in [1.807, 2.05) is 0 Å². The third kappa shape index (κ3) is 3.04. The molecule has 0 amide bonds. The second-order valence-corrected chi connectivity index (χ2v) is 10.4. The highest BCUT2D eigenvalue weighted by Crippen LogP contribution is 2.59. The summed E-state index contributed by atoms with van der Waals surface area (Å²) < 4.78 is 28.1. The molecule has 0 unspecified atom stereocenters. The SMILES string of the molecule is O=S(=O)(NCC12CC3CC(CC(C3)C1)C2)c1cc(Cl)ccc1Cl. The first-order valence-corrected chi connectivity index (χ1v) is 10.5. The van der Waals surface area contributed by atoms with Gasteiger partial charge in [-0.15, -0.1) is 0 Å². The third-order valence-electron chi connectivity index (χ3n) is 5.99. The lowest BCUT2D eigenvalue weighted by Crippen LogP contribution is -2.51. The molecule has 5 rings (SSSR count). The summed E-state index contributed by atoms with van der Waals surface area (Å²) in [6, 6.07) is 4.55. The van der Waals surface area contributed by atoms with Crippen LogP contribution in [-0.2, 0) is 10.0 Å². The Bertz CT molecular complexity index is 697. The lowest BCUT2D eigenvalue weighted by atomic mass is 9.50. The van der Waals surface area contributed by atoms with Crippen molar-refractivity contribution in [1.29, 1.82) is 0 Å². The summed E-state index contributed by atoms with van der Waals surface area (Å²) >= 11 is 12.0. The van der Waals surface area contributed by atoms with Crippen molar-refractivity contribution >= 4 is 33.2 Å². The Balaban J connectivity index is 1.53. The fourth-order valence-electron chi connectivity index (χ4n) is 5.52. The molecule has 0 aromatic heterocycles. The molecule has 0 aliphatic heterocycles. The monoisotopic (exact) mass is 373 g/mol. The zero-order valence-corrected chi connectivity index (χ0v) is 15.2. The van der Waals surface area contributed by atoms with Crippen molar-refractivity contribution in [3.8, 4) is 0 Å². The Labute approximate surface area is 147 Å². The first kappa shape index (κ1) is 16.2. The van der Waals surface area contributed by atoms with E-state index < -0.39 is 10.0 Å². The van der Waals surface area contributed by atoms with E-state index in [1.165, 1.54) is 50.7 Å². The predicted molar refractivity (Wildman–Crippen MR) is 92.3 cm³/mol. The molecule has 1 aromatic rings. The van der Waals surface area contributed by atoms with Gasteiger partial charge in [0.1, 0.15) is 4.90 Å². The molecular formula is C17H21Cl2NO2S. The van der Waals surface area contributed by atoms with Gasteiger partial charge < -0.3 is 0 Å². The van der Waals surface area contributed by atoms with Crippen molar-refractivity contribution in [2.75, 3.05) is 6.54 Å². The van der Waals surface area contributed by atoms with Crippen LogP contribution in [0.2, 0.25) is 10.0 Å². The largest absolute Gasteiger partial charge is 0.242 e. The maximum Gasteiger partial charge on any atom is 0.242 e. The van der Waals surface area contributed by atoms with E-state index in [4.69, 9.17) is 23.2 Å². The van der Waals surface area contributed by atoms with E-state index in [1.54, 1.807) is 6.07 Å². The Kier molecular flexibility index (Phi) is 3.96. The van der Waals surface area contributed by atoms with Crippen LogP contribution in [0.15, 0.2) is 23.1 Å². The molecule has 4 saturated carbocycles. The summed E-state index contributed by atoms with van der Waals surface area (Å²) in [4.78, 5) is 0.0800. The minimum Gasteiger partial charge on any atom is -0.211 e. The van der Waals surface area contributed by atoms with E-state index in [-0.39, 0.29) is 15.3 Å². The van der Waals surface area contributed by atoms with Gasteiger partial charge in [0.2, 0.25) is 10.0 Å². The number of rotatable bonds is 4. The minimum absolute atomic E-state index is 0.0800. The van der Waals surface area contributed by atoms with Gasteiger partial charge in [-0.05, 0) is 79.9 Å². The molecule has 0 saturated heterocycles. The average molecular weight is 374 g/mol. The van der Waals surface area contributed by atoms with Crippen molar-refractivity contribution < 1.29 is 8.42 Å². The number of halogens is 2. The molecule has 4 bridgehead atoms. The molecule has 4 aliphatic carbocycles. The number of hydrogen-bond acceptors (Lipinski definition) is 2. The van der Waals surface area contributed by atoms with Crippen LogP contribution in [0.25, 0.3) is 0 Å². The van der Waals surface area contributed by atoms with E-state index in [0.717, 1.165) is 17.8 Å². The topological polar surface area (TPSA) is 46.2 Å². The Morgan fingerprint density at radius 1 is 1.04 bits per heavy atom. The second-order valence-electron chi connectivity index (χ2n) is 7.82. The van der Waals surface area contributed by atoms with E-state index in [9.17, 15) is 8.42 Å². The van der Waals surface area contributed by atoms with Gasteiger partial charge in [-0.25, -0.2) is 13.1 Å². The van der Waals surface area contributed by atoms with Crippen molar-refractivity contribution in [3.63, 3.8) is 0 Å². The summed E-state index contributed by atoms with van der Waals surface area (Å²) in [6.45, 7) is 0.529. The number of sulfonamides is 1. The van der Waals surface area contributed by atoms with Gasteiger partial charge in [0.25, 0.3) is 0 Å². The maximum absolute atomic E-state index is 12.6. The Morgan fingerprint density at radius 2 is 1.61 bits per heavy atom. The van der Waals surface area contributed by atoms with Crippen molar-refractivity contribution in [3.05, 3.63) is 28.2 Å². The quantitative estimate of drug-likeness (QED) is 0.844. The number of hydrogen-bond donors (Lipinski definition) is 1. The van der Waals surface area contributed by atoms with Gasteiger partial charge in [0, 0.05) is 11.6 Å². The Morgan fingerprint density at radius 3 is 2.17 bits per heavy atom. The van der Waals surface area contributed by atoms with Crippen LogP contribution in [0.3, 0.4) is 0 Å². The molecular weight excluding hydrogens is 353 g/mol. The van der Waals surface area contributed by atoms with Crippen LogP contribution in [-0.4, -0.2) is 15.0 Å². The molecule has 3 nitrogen and oxygen atoms in total. The second kappa shape index (κ2) is 5.62. The molecule has 23 heavy (non-hydrogen) atoms. The highest BCUT2D eigenvalue weighted by molar-refractivity contribution is 7.89. The molecule has 0 spiro atoms. The van der Waals surface area contributed by atoms with Crippen molar-refractivity contribution in [2.24, 2.45) is 23.2 Å². The van der Waals surface area contributed by atoms with Gasteiger partial charge in [-0.3, -0.25) is 0 Å². The highest BCUT2D eigenvalue weighted by Gasteiger charge is 2.50. The van der Waals surface area contributed by atoms with E-state index in [2.05, 4.69) is 4.72 Å². The lowest BCUT2D eigenvalue weighted by Gasteiger charge is -2.56. The van der Waals surface area contributed by atoms with Gasteiger partial charge in [-0.1, -0.05) is 23.2 Å². The van der Waals surface area contributed by atoms with Crippen molar-refractivity contribution in [2.45, 2.75) is 43.4 Å². The molecule has 6 heteroatoms. The summed E-state index contributed by atoms with van der Waals surface area (Å²) in [5.41, 5.74) is 0.160. The first-order valence-electron chi connectivity index (χ1n) is 8.30. The number of nitrogens with one attached hydrogen (secondary N) is 1. The first-order chi connectivity index (χ1) is 10.9. The summed E-state index contributed by atoms with van der Waals surface area (Å²) in [5.74, 6) is 2.42. The van der Waals surface area contributed by atoms with Crippen molar-refractivity contribution in [1.82, 2.24) is 4.72 Å². The maximum atomic E-state index is 12.6. The summed E-state index contributed by atoms with van der Waals surface area (Å²) in [5, 5.41) is 0.594. The zero-order chi connectivity index (χ0) is 16.2. The molecule has 1 aromatic carbocycles. The van der Waals surface area contributed by atoms with E-state index in [0.29, 0.717) is 11.6 Å². The fraction of sp³-hybridized carbons (Fsp3) is 0.647. The van der Waals surface area contributed by atoms with Crippen LogP contribution in [0.4, 0.5) is 0 Å². The molecule has 1 N–H and O–H groups in total. The van der Waals surface area contributed by atoms with Gasteiger partial charge in [0.15, 0.2) is 0 Å². The van der Waals surface area contributed by atoms with Crippen LogP contribution >= 0.6 is 23.2 Å². The summed E-state index contributed by atoms with van der Waals surface area (Å²) in [6.07, 6.45) is 7.57. The zero-order valence-electron chi connectivity index (χ0n) is 12.9. The molecule has 126 valence electrons. The smallest absolute Gasteiger partial charge is 0.211 e. The third-order valence-corrected chi connectivity index (χ3v) is 8.10. The highest BCUT2D eigenvalue weighted by atomic mass is 35.5. The average Bonchev–Trinajstić information content (AvgIpc) is 2.47. The standard InChI is InChI=1S/C17H21Cl2NO2S/c18-14-1-2-15(19)16(6-14)23(21,22)20-10-17-7-11-3-12(8-17)5-13(4-11)9-17/h1-2,6,11-13,20H,3-5,7-10H2. The minimum atomic E-state index is -3.62. The van der Waals surface area contributed by atoms with Gasteiger partial charge in [-0.2, -0.15) is 0 Å². The molecule has 0 heterocycles. The normalized spacial score (nSPS) is 35.7. The van der Waals surface area contributed by atoms with E-state index >= 15 is 0 Å². The fourth-order valence-corrected chi connectivity index (χ4v) is 7.43. The van der Waals surface area contributed by atoms with Crippen LogP contribution in [0.1, 0.15) is 38.5 Å². The predicted octanol–water partition coefficient (Wildman–Crippen LogP) is 4.49. The van der Waals surface area contributed by atoms with Crippen LogP contribution < -0.4 is 4.72 Å². The number of benzene rings is 1. The molecule has 4 aliphatic rings. The molecule has 4 fully saturated rings. The molecule has 0 radical (unpaired) electrons. The summed E-state index contributed by atoms with van der Waals surface area (Å²) in [7, 11) is -3.62. The van der Waals surface area contributed by atoms with Crippen LogP contribution in [0, 0.1) is 23.2 Å². The van der Waals surface area contributed by atoms with Gasteiger partial charge >= 0.3 is 0 Å². The lowest BCUT2D eigenvalue weighted by molar-refractivity contribution is -0.0487.